The minimum atomic E-state index is 1.01. The van der Waals surface area contributed by atoms with Crippen LogP contribution in [0.5, 0.6) is 0 Å². The Hall–Kier alpha value is -1.15. The van der Waals surface area contributed by atoms with Crippen LogP contribution < -0.4 is 0 Å². The molecule has 1 aromatic heterocycles. The number of nitrogens with zero attached hydrogens (tertiary/aromatic N) is 1. The maximum atomic E-state index is 4.27. The zero-order chi connectivity index (χ0) is 10.7. The lowest BCUT2D eigenvalue weighted by atomic mass is 10.1. The highest BCUT2D eigenvalue weighted by molar-refractivity contribution is 7.11. The van der Waals surface area contributed by atoms with E-state index in [4.69, 9.17) is 0 Å². The number of aromatic nitrogens is 1. The first-order valence-corrected chi connectivity index (χ1v) is 6.08. The highest BCUT2D eigenvalue weighted by Crippen LogP contribution is 2.17. The first-order valence-electron chi connectivity index (χ1n) is 5.27. The first-order chi connectivity index (χ1) is 7.28. The summed E-state index contributed by atoms with van der Waals surface area (Å²) in [6, 6.07) is 8.80. The van der Waals surface area contributed by atoms with Gasteiger partial charge in [-0.25, -0.2) is 4.98 Å². The summed E-state index contributed by atoms with van der Waals surface area (Å²) in [7, 11) is 0. The molecule has 0 aliphatic heterocycles. The van der Waals surface area contributed by atoms with Gasteiger partial charge in [0.2, 0.25) is 0 Å². The van der Waals surface area contributed by atoms with Crippen LogP contribution in [0.25, 0.3) is 0 Å². The Kier molecular flexibility index (Phi) is 3.17. The van der Waals surface area contributed by atoms with Crippen molar-refractivity contribution in [3.8, 4) is 0 Å². The summed E-state index contributed by atoms with van der Waals surface area (Å²) in [6.45, 7) is 4.24. The molecule has 0 spiro atoms. The van der Waals surface area contributed by atoms with Gasteiger partial charge in [0.05, 0.1) is 5.01 Å². The van der Waals surface area contributed by atoms with Crippen LogP contribution in [-0.2, 0) is 12.8 Å². The molecule has 0 N–H and O–H groups in total. The molecule has 1 nitrogen and oxygen atoms in total. The highest BCUT2D eigenvalue weighted by Gasteiger charge is 2.00. The smallest absolute Gasteiger partial charge is 0.0896 e. The molecule has 0 aliphatic carbocycles. The minimum Gasteiger partial charge on any atom is -0.250 e. The van der Waals surface area contributed by atoms with Crippen LogP contribution >= 0.6 is 11.3 Å². The molecule has 0 unspecified atom stereocenters. The van der Waals surface area contributed by atoms with Crippen molar-refractivity contribution in [1.82, 2.24) is 4.98 Å². The molecule has 78 valence electrons. The highest BCUT2D eigenvalue weighted by atomic mass is 32.1. The molecule has 0 aliphatic rings. The van der Waals surface area contributed by atoms with Crippen LogP contribution in [0.2, 0.25) is 0 Å². The van der Waals surface area contributed by atoms with Gasteiger partial charge in [0.1, 0.15) is 0 Å². The third-order valence-electron chi connectivity index (χ3n) is 2.45. The molecule has 15 heavy (non-hydrogen) atoms. The van der Waals surface area contributed by atoms with E-state index in [1.165, 1.54) is 16.0 Å². The topological polar surface area (TPSA) is 12.9 Å². The molecule has 1 heterocycles. The second-order valence-corrected chi connectivity index (χ2v) is 5.02. The van der Waals surface area contributed by atoms with Crippen molar-refractivity contribution in [2.75, 3.05) is 0 Å². The Bertz CT molecular complexity index is 445. The molecule has 0 bridgehead atoms. The quantitative estimate of drug-likeness (QED) is 0.765. The third kappa shape index (κ3) is 2.66. The SMILES string of the molecule is CCc1cccc(Cc2cnc(C)s2)c1. The van der Waals surface area contributed by atoms with Gasteiger partial charge in [-0.05, 0) is 24.5 Å². The summed E-state index contributed by atoms with van der Waals surface area (Å²) in [6.07, 6.45) is 4.10. The molecule has 0 saturated heterocycles. The van der Waals surface area contributed by atoms with Crippen LogP contribution in [0.4, 0.5) is 0 Å². The number of hydrogen-bond donors (Lipinski definition) is 0. The standard InChI is InChI=1S/C13H15NS/c1-3-11-5-4-6-12(7-11)8-13-9-14-10(2)15-13/h4-7,9H,3,8H2,1-2H3. The summed E-state index contributed by atoms with van der Waals surface area (Å²) in [5.41, 5.74) is 2.80. The van der Waals surface area contributed by atoms with Gasteiger partial charge in [-0.3, -0.25) is 0 Å². The molecule has 0 saturated carbocycles. The summed E-state index contributed by atoms with van der Waals surface area (Å²) in [5, 5.41) is 1.15. The van der Waals surface area contributed by atoms with Gasteiger partial charge in [0.25, 0.3) is 0 Å². The molecular formula is C13H15NS. The normalized spacial score (nSPS) is 10.5. The number of aryl methyl sites for hydroxylation is 2. The Morgan fingerprint density at radius 1 is 1.27 bits per heavy atom. The number of thiazole rings is 1. The molecule has 0 amide bonds. The lowest BCUT2D eigenvalue weighted by Crippen LogP contribution is -1.87. The van der Waals surface area contributed by atoms with E-state index in [0.717, 1.165) is 17.8 Å². The van der Waals surface area contributed by atoms with Crippen molar-refractivity contribution in [1.29, 1.82) is 0 Å². The number of rotatable bonds is 3. The zero-order valence-electron chi connectivity index (χ0n) is 9.16. The summed E-state index contributed by atoms with van der Waals surface area (Å²) < 4.78 is 0. The van der Waals surface area contributed by atoms with Gasteiger partial charge in [-0.2, -0.15) is 0 Å². The van der Waals surface area contributed by atoms with Gasteiger partial charge < -0.3 is 0 Å². The molecule has 2 heteroatoms. The first kappa shape index (κ1) is 10.4. The Labute approximate surface area is 94.8 Å². The van der Waals surface area contributed by atoms with Crippen molar-refractivity contribution >= 4 is 11.3 Å². The predicted molar refractivity (Wildman–Crippen MR) is 65.5 cm³/mol. The van der Waals surface area contributed by atoms with Crippen LogP contribution in [-0.4, -0.2) is 4.98 Å². The number of hydrogen-bond acceptors (Lipinski definition) is 2. The van der Waals surface area contributed by atoms with E-state index in [1.807, 2.05) is 6.20 Å². The second-order valence-electron chi connectivity index (χ2n) is 3.70. The average molecular weight is 217 g/mol. The zero-order valence-corrected chi connectivity index (χ0v) is 9.97. The fourth-order valence-electron chi connectivity index (χ4n) is 1.65. The largest absolute Gasteiger partial charge is 0.250 e. The summed E-state index contributed by atoms with van der Waals surface area (Å²) in [4.78, 5) is 5.62. The van der Waals surface area contributed by atoms with E-state index < -0.39 is 0 Å². The maximum Gasteiger partial charge on any atom is 0.0896 e. The van der Waals surface area contributed by atoms with Crippen molar-refractivity contribution < 1.29 is 0 Å². The van der Waals surface area contributed by atoms with Gasteiger partial charge >= 0.3 is 0 Å². The lowest BCUT2D eigenvalue weighted by molar-refractivity contribution is 1.11. The molecule has 2 aromatic rings. The van der Waals surface area contributed by atoms with E-state index in [0.29, 0.717) is 0 Å². The van der Waals surface area contributed by atoms with Crippen molar-refractivity contribution in [3.05, 3.63) is 51.5 Å². The second kappa shape index (κ2) is 4.58. The predicted octanol–water partition coefficient (Wildman–Crippen LogP) is 3.60. The van der Waals surface area contributed by atoms with E-state index in [9.17, 15) is 0 Å². The van der Waals surface area contributed by atoms with E-state index in [-0.39, 0.29) is 0 Å². The number of benzene rings is 1. The Balaban J connectivity index is 2.16. The molecule has 2 rings (SSSR count). The Morgan fingerprint density at radius 2 is 2.07 bits per heavy atom. The molecule has 0 fully saturated rings. The summed E-state index contributed by atoms with van der Waals surface area (Å²) >= 11 is 1.78. The van der Waals surface area contributed by atoms with Crippen molar-refractivity contribution in [2.45, 2.75) is 26.7 Å². The fourth-order valence-corrected chi connectivity index (χ4v) is 2.48. The monoisotopic (exact) mass is 217 g/mol. The van der Waals surface area contributed by atoms with Gasteiger partial charge in [-0.1, -0.05) is 31.2 Å². The maximum absolute atomic E-state index is 4.27. The van der Waals surface area contributed by atoms with Crippen molar-refractivity contribution in [2.24, 2.45) is 0 Å². The van der Waals surface area contributed by atoms with Crippen molar-refractivity contribution in [3.63, 3.8) is 0 Å². The molecule has 0 radical (unpaired) electrons. The van der Waals surface area contributed by atoms with Gasteiger partial charge in [0, 0.05) is 17.5 Å². The van der Waals surface area contributed by atoms with Crippen LogP contribution in [0, 0.1) is 6.92 Å². The van der Waals surface area contributed by atoms with Gasteiger partial charge in [0.15, 0.2) is 0 Å². The fraction of sp³-hybridized carbons (Fsp3) is 0.308. The van der Waals surface area contributed by atoms with E-state index >= 15 is 0 Å². The van der Waals surface area contributed by atoms with Crippen LogP contribution in [0.1, 0.15) is 27.9 Å². The molecular weight excluding hydrogens is 202 g/mol. The minimum absolute atomic E-state index is 1.01. The third-order valence-corrected chi connectivity index (χ3v) is 3.36. The van der Waals surface area contributed by atoms with Gasteiger partial charge in [-0.15, -0.1) is 11.3 Å². The van der Waals surface area contributed by atoms with E-state index in [1.54, 1.807) is 11.3 Å². The van der Waals surface area contributed by atoms with Crippen LogP contribution in [0.3, 0.4) is 0 Å². The molecule has 1 aromatic carbocycles. The average Bonchev–Trinajstić information content (AvgIpc) is 2.64. The Morgan fingerprint density at radius 3 is 2.73 bits per heavy atom. The summed E-state index contributed by atoms with van der Waals surface area (Å²) in [5.74, 6) is 0. The lowest BCUT2D eigenvalue weighted by Gasteiger charge is -2.01. The molecule has 0 atom stereocenters. The van der Waals surface area contributed by atoms with E-state index in [2.05, 4.69) is 43.1 Å². The van der Waals surface area contributed by atoms with Crippen LogP contribution in [0.15, 0.2) is 30.5 Å².